The van der Waals surface area contributed by atoms with Crippen molar-refractivity contribution in [1.82, 2.24) is 15.1 Å². The van der Waals surface area contributed by atoms with Crippen LogP contribution in [0, 0.1) is 11.3 Å². The van der Waals surface area contributed by atoms with Crippen LogP contribution in [-0.2, 0) is 9.59 Å². The zero-order chi connectivity index (χ0) is 20.3. The molecular weight excluding hydrogens is 360 g/mol. The van der Waals surface area contributed by atoms with Crippen LogP contribution in [0.15, 0.2) is 24.3 Å². The van der Waals surface area contributed by atoms with E-state index in [9.17, 15) is 14.4 Å². The van der Waals surface area contributed by atoms with Crippen LogP contribution in [0.25, 0.3) is 0 Å². The van der Waals surface area contributed by atoms with E-state index in [0.29, 0.717) is 50.6 Å². The fraction of sp³-hybridized carbons (Fsp3) is 0.550. The number of urea groups is 1. The highest BCUT2D eigenvalue weighted by atomic mass is 16.5. The number of nitrogens with one attached hydrogen (secondary N) is 2. The molecule has 0 aliphatic carbocycles. The average Bonchev–Trinajstić information content (AvgIpc) is 2.92. The maximum atomic E-state index is 12.9. The number of rotatable bonds is 3. The minimum Gasteiger partial charge on any atom is -0.497 e. The van der Waals surface area contributed by atoms with Crippen LogP contribution < -0.4 is 15.4 Å². The third-order valence-electron chi connectivity index (χ3n) is 5.30. The number of anilines is 1. The molecule has 0 radical (unpaired) electrons. The highest BCUT2D eigenvalue weighted by Gasteiger charge is 2.45. The zero-order valence-electron chi connectivity index (χ0n) is 16.7. The first-order chi connectivity index (χ1) is 13.3. The van der Waals surface area contributed by atoms with Crippen molar-refractivity contribution in [3.63, 3.8) is 0 Å². The summed E-state index contributed by atoms with van der Waals surface area (Å²) in [6.45, 7) is 5.98. The number of hydrogen-bond acceptors (Lipinski definition) is 4. The van der Waals surface area contributed by atoms with E-state index in [4.69, 9.17) is 4.74 Å². The number of hydrogen-bond donors (Lipinski definition) is 2. The van der Waals surface area contributed by atoms with Crippen LogP contribution in [-0.4, -0.2) is 67.5 Å². The lowest BCUT2D eigenvalue weighted by Crippen LogP contribution is -2.46. The Kier molecular flexibility index (Phi) is 5.76. The quantitative estimate of drug-likeness (QED) is 0.822. The summed E-state index contributed by atoms with van der Waals surface area (Å²) < 4.78 is 5.20. The Balaban J connectivity index is 1.78. The van der Waals surface area contributed by atoms with Crippen molar-refractivity contribution >= 4 is 23.5 Å². The van der Waals surface area contributed by atoms with Crippen molar-refractivity contribution in [2.75, 3.05) is 45.2 Å². The molecule has 4 amide bonds. The van der Waals surface area contributed by atoms with Crippen LogP contribution in [0.5, 0.6) is 5.75 Å². The van der Waals surface area contributed by atoms with Crippen LogP contribution in [0.3, 0.4) is 0 Å². The highest BCUT2D eigenvalue weighted by Crippen LogP contribution is 2.31. The highest BCUT2D eigenvalue weighted by molar-refractivity contribution is 5.90. The summed E-state index contributed by atoms with van der Waals surface area (Å²) in [5.41, 5.74) is 0.183. The molecule has 8 heteroatoms. The Morgan fingerprint density at radius 1 is 1.21 bits per heavy atom. The first kappa shape index (κ1) is 20.0. The van der Waals surface area contributed by atoms with Crippen LogP contribution in [0.4, 0.5) is 10.5 Å². The third-order valence-corrected chi connectivity index (χ3v) is 5.30. The third kappa shape index (κ3) is 4.37. The molecule has 2 fully saturated rings. The van der Waals surface area contributed by atoms with Gasteiger partial charge in [0.05, 0.1) is 7.11 Å². The second-order valence-corrected chi connectivity index (χ2v) is 7.95. The Morgan fingerprint density at radius 3 is 2.57 bits per heavy atom. The van der Waals surface area contributed by atoms with Gasteiger partial charge in [-0.05, 0) is 12.1 Å². The molecule has 0 aromatic heterocycles. The van der Waals surface area contributed by atoms with E-state index >= 15 is 0 Å². The van der Waals surface area contributed by atoms with Gasteiger partial charge in [-0.25, -0.2) is 4.79 Å². The van der Waals surface area contributed by atoms with E-state index in [1.807, 2.05) is 19.9 Å². The predicted molar refractivity (Wildman–Crippen MR) is 105 cm³/mol. The number of nitrogens with zero attached hydrogens (tertiary/aromatic N) is 2. The molecule has 1 aromatic carbocycles. The Hall–Kier alpha value is -2.77. The van der Waals surface area contributed by atoms with Crippen molar-refractivity contribution in [2.45, 2.75) is 20.3 Å². The SMILES string of the molecule is COc1cccc(NC(=O)N2CCN(C(=O)C(C)C)C[C@@]3(CNC(=O)C3)C2)c1. The zero-order valence-corrected chi connectivity index (χ0v) is 16.7. The summed E-state index contributed by atoms with van der Waals surface area (Å²) in [7, 11) is 1.57. The molecule has 28 heavy (non-hydrogen) atoms. The van der Waals surface area contributed by atoms with E-state index in [2.05, 4.69) is 10.6 Å². The van der Waals surface area contributed by atoms with Crippen molar-refractivity contribution < 1.29 is 19.1 Å². The average molecular weight is 388 g/mol. The molecule has 2 aliphatic rings. The summed E-state index contributed by atoms with van der Waals surface area (Å²) in [5.74, 6) is 0.546. The first-order valence-electron chi connectivity index (χ1n) is 9.57. The lowest BCUT2D eigenvalue weighted by Gasteiger charge is -2.33. The van der Waals surface area contributed by atoms with Crippen molar-refractivity contribution in [2.24, 2.45) is 11.3 Å². The van der Waals surface area contributed by atoms with Crippen LogP contribution in [0.1, 0.15) is 20.3 Å². The van der Waals surface area contributed by atoms with Gasteiger partial charge >= 0.3 is 6.03 Å². The van der Waals surface area contributed by atoms with Crippen LogP contribution >= 0.6 is 0 Å². The van der Waals surface area contributed by atoms with Crippen molar-refractivity contribution in [3.05, 3.63) is 24.3 Å². The maximum Gasteiger partial charge on any atom is 0.321 e. The normalized spacial score (nSPS) is 22.2. The predicted octanol–water partition coefficient (Wildman–Crippen LogP) is 1.53. The monoisotopic (exact) mass is 388 g/mol. The van der Waals surface area contributed by atoms with Gasteiger partial charge in [0.15, 0.2) is 0 Å². The van der Waals surface area contributed by atoms with Gasteiger partial charge in [-0.1, -0.05) is 19.9 Å². The molecule has 2 saturated heterocycles. The summed E-state index contributed by atoms with van der Waals surface area (Å²) in [5, 5.41) is 5.77. The van der Waals surface area contributed by atoms with Gasteiger partial charge in [0, 0.05) is 62.2 Å². The van der Waals surface area contributed by atoms with E-state index in [-0.39, 0.29) is 23.8 Å². The molecule has 0 saturated carbocycles. The summed E-state index contributed by atoms with van der Waals surface area (Å²) >= 11 is 0. The second kappa shape index (κ2) is 8.08. The van der Waals surface area contributed by atoms with Crippen molar-refractivity contribution in [1.29, 1.82) is 0 Å². The number of amides is 4. The molecule has 1 atom stereocenters. The lowest BCUT2D eigenvalue weighted by atomic mass is 9.86. The molecule has 152 valence electrons. The maximum absolute atomic E-state index is 12.9. The topological polar surface area (TPSA) is 91.0 Å². The number of carbonyl (C=O) groups excluding carboxylic acids is 3. The smallest absolute Gasteiger partial charge is 0.321 e. The molecule has 8 nitrogen and oxygen atoms in total. The summed E-state index contributed by atoms with van der Waals surface area (Å²) in [4.78, 5) is 40.9. The largest absolute Gasteiger partial charge is 0.497 e. The van der Waals surface area contributed by atoms with Gasteiger partial charge in [0.2, 0.25) is 11.8 Å². The van der Waals surface area contributed by atoms with Crippen LogP contribution in [0.2, 0.25) is 0 Å². The van der Waals surface area contributed by atoms with Gasteiger partial charge in [0.25, 0.3) is 0 Å². The van der Waals surface area contributed by atoms with E-state index in [1.54, 1.807) is 35.1 Å². The molecule has 2 aliphatic heterocycles. The standard InChI is InChI=1S/C20H28N4O4/c1-14(2)18(26)23-7-8-24(13-20(12-23)10-17(25)21-11-20)19(27)22-15-5-4-6-16(9-15)28-3/h4-6,9,14H,7-8,10-13H2,1-3H3,(H,21,25)(H,22,27)/t20-/m1/s1. The molecular formula is C20H28N4O4. The molecule has 0 unspecified atom stereocenters. The first-order valence-corrected chi connectivity index (χ1v) is 9.57. The Morgan fingerprint density at radius 2 is 1.93 bits per heavy atom. The Labute approximate surface area is 165 Å². The van der Waals surface area contributed by atoms with E-state index in [0.717, 1.165) is 0 Å². The molecule has 1 spiro atoms. The number of ether oxygens (including phenoxy) is 1. The van der Waals surface area contributed by atoms with Gasteiger partial charge in [0.1, 0.15) is 5.75 Å². The molecule has 2 N–H and O–H groups in total. The lowest BCUT2D eigenvalue weighted by molar-refractivity contribution is -0.135. The van der Waals surface area contributed by atoms with E-state index in [1.165, 1.54) is 0 Å². The number of benzene rings is 1. The number of methoxy groups -OCH3 is 1. The van der Waals surface area contributed by atoms with Gasteiger partial charge in [-0.2, -0.15) is 0 Å². The fourth-order valence-corrected chi connectivity index (χ4v) is 3.86. The van der Waals surface area contributed by atoms with E-state index < -0.39 is 5.41 Å². The van der Waals surface area contributed by atoms with Gasteiger partial charge in [-0.15, -0.1) is 0 Å². The van der Waals surface area contributed by atoms with Gasteiger partial charge in [-0.3, -0.25) is 9.59 Å². The molecule has 0 bridgehead atoms. The summed E-state index contributed by atoms with van der Waals surface area (Å²) in [6, 6.07) is 6.91. The minimum absolute atomic E-state index is 0.0352. The fourth-order valence-electron chi connectivity index (χ4n) is 3.86. The summed E-state index contributed by atoms with van der Waals surface area (Å²) in [6.07, 6.45) is 0.317. The van der Waals surface area contributed by atoms with Crippen molar-refractivity contribution in [3.8, 4) is 5.75 Å². The minimum atomic E-state index is -0.455. The molecule has 1 aromatic rings. The molecule has 3 rings (SSSR count). The second-order valence-electron chi connectivity index (χ2n) is 7.95. The Bertz CT molecular complexity index is 766. The molecule has 2 heterocycles. The van der Waals surface area contributed by atoms with Gasteiger partial charge < -0.3 is 25.2 Å². The number of carbonyl (C=O) groups is 3.